The zero-order chi connectivity index (χ0) is 20.6. The summed E-state index contributed by atoms with van der Waals surface area (Å²) in [7, 11) is 0. The van der Waals surface area contributed by atoms with Gasteiger partial charge in [-0.25, -0.2) is 18.2 Å². The number of hydrogen-bond donors (Lipinski definition) is 0. The molecule has 0 radical (unpaired) electrons. The Balaban J connectivity index is 2.03. The first-order valence-corrected chi connectivity index (χ1v) is 9.58. The van der Waals surface area contributed by atoms with Crippen LogP contribution >= 0.6 is 11.3 Å². The van der Waals surface area contributed by atoms with Gasteiger partial charge in [-0.15, -0.1) is 11.3 Å². The highest BCUT2D eigenvalue weighted by molar-refractivity contribution is 7.18. The van der Waals surface area contributed by atoms with Crippen molar-refractivity contribution in [1.82, 2.24) is 9.97 Å². The first-order valence-electron chi connectivity index (χ1n) is 8.77. The van der Waals surface area contributed by atoms with E-state index in [-0.39, 0.29) is 29.0 Å². The van der Waals surface area contributed by atoms with Crippen LogP contribution in [0.1, 0.15) is 40.0 Å². The minimum Gasteiger partial charge on any atom is -0.466 e. The summed E-state index contributed by atoms with van der Waals surface area (Å²) in [6, 6.07) is 0.529. The number of esters is 1. The molecule has 2 heterocycles. The summed E-state index contributed by atoms with van der Waals surface area (Å²) < 4.78 is 46.4. The smallest absolute Gasteiger partial charge is 0.310 e. The van der Waals surface area contributed by atoms with Crippen molar-refractivity contribution in [3.8, 4) is 0 Å². The number of ether oxygens (including phenoxy) is 1. The topological polar surface area (TPSA) is 52.1 Å². The lowest BCUT2D eigenvalue weighted by Crippen LogP contribution is -2.13. The van der Waals surface area contributed by atoms with Gasteiger partial charge in [0.15, 0.2) is 11.6 Å². The van der Waals surface area contributed by atoms with Crippen LogP contribution in [0.5, 0.6) is 0 Å². The Morgan fingerprint density at radius 3 is 2.43 bits per heavy atom. The normalized spacial score (nSPS) is 11.2. The lowest BCUT2D eigenvalue weighted by atomic mass is 9.96. The quantitative estimate of drug-likeness (QED) is 0.452. The molecule has 0 N–H and O–H groups in total. The van der Waals surface area contributed by atoms with Gasteiger partial charge in [0.05, 0.1) is 22.7 Å². The number of benzene rings is 1. The van der Waals surface area contributed by atoms with Crippen molar-refractivity contribution in [2.45, 2.75) is 40.5 Å². The van der Waals surface area contributed by atoms with Gasteiger partial charge in [0, 0.05) is 23.9 Å². The van der Waals surface area contributed by atoms with E-state index >= 15 is 0 Å². The zero-order valence-electron chi connectivity index (χ0n) is 16.0. The number of pyridine rings is 1. The average Bonchev–Trinajstić information content (AvgIpc) is 3.05. The molecule has 3 aromatic rings. The molecule has 8 heteroatoms. The number of thiazole rings is 1. The standard InChI is InChI=1S/C20H19F3N2O2S/c1-5-27-17(26)7-13-9(2)12(10(3)24-11(13)4)6-16-25-19-18(23)14(21)8-15(22)20(19)28-16/h8H,5-7H2,1-4H3. The van der Waals surface area contributed by atoms with Gasteiger partial charge in [-0.2, -0.15) is 0 Å². The van der Waals surface area contributed by atoms with E-state index in [1.807, 2.05) is 20.8 Å². The molecule has 2 aromatic heterocycles. The minimum absolute atomic E-state index is 0.0176. The van der Waals surface area contributed by atoms with Crippen molar-refractivity contribution in [2.75, 3.05) is 6.61 Å². The van der Waals surface area contributed by atoms with Gasteiger partial charge >= 0.3 is 5.97 Å². The van der Waals surface area contributed by atoms with Crippen molar-refractivity contribution in [2.24, 2.45) is 0 Å². The number of fused-ring (bicyclic) bond motifs is 1. The van der Waals surface area contributed by atoms with Crippen molar-refractivity contribution in [3.05, 3.63) is 56.6 Å². The lowest BCUT2D eigenvalue weighted by Gasteiger charge is -2.15. The molecule has 0 saturated carbocycles. The van der Waals surface area contributed by atoms with Gasteiger partial charge in [0.25, 0.3) is 0 Å². The molecule has 4 nitrogen and oxygen atoms in total. The van der Waals surface area contributed by atoms with Gasteiger partial charge < -0.3 is 4.74 Å². The summed E-state index contributed by atoms with van der Waals surface area (Å²) >= 11 is 0.979. The van der Waals surface area contributed by atoms with Crippen LogP contribution in [0.3, 0.4) is 0 Å². The molecule has 0 unspecified atom stereocenters. The molecular formula is C20H19F3N2O2S. The van der Waals surface area contributed by atoms with Crippen LogP contribution in [0, 0.1) is 38.2 Å². The highest BCUT2D eigenvalue weighted by atomic mass is 32.1. The third-order valence-corrected chi connectivity index (χ3v) is 5.69. The second-order valence-electron chi connectivity index (χ2n) is 6.46. The summed E-state index contributed by atoms with van der Waals surface area (Å²) in [4.78, 5) is 20.5. The fourth-order valence-electron chi connectivity index (χ4n) is 3.24. The number of rotatable bonds is 5. The monoisotopic (exact) mass is 408 g/mol. The molecule has 0 saturated heterocycles. The molecule has 0 aliphatic rings. The third-order valence-electron chi connectivity index (χ3n) is 4.63. The predicted molar refractivity (Wildman–Crippen MR) is 101 cm³/mol. The Labute approximate surface area is 164 Å². The van der Waals surface area contributed by atoms with Crippen LogP contribution in [-0.4, -0.2) is 22.5 Å². The van der Waals surface area contributed by atoms with Crippen LogP contribution in [0.2, 0.25) is 0 Å². The van der Waals surface area contributed by atoms with Crippen LogP contribution in [0.15, 0.2) is 6.07 Å². The lowest BCUT2D eigenvalue weighted by molar-refractivity contribution is -0.142. The summed E-state index contributed by atoms with van der Waals surface area (Å²) in [5.74, 6) is -3.60. The SMILES string of the molecule is CCOC(=O)Cc1c(C)nc(C)c(Cc2nc3c(F)c(F)cc(F)c3s2)c1C. The van der Waals surface area contributed by atoms with Gasteiger partial charge in [-0.05, 0) is 44.4 Å². The van der Waals surface area contributed by atoms with Crippen LogP contribution in [0.4, 0.5) is 13.2 Å². The van der Waals surface area contributed by atoms with E-state index in [1.165, 1.54) is 0 Å². The predicted octanol–water partition coefficient (Wildman–Crippen LogP) is 4.73. The zero-order valence-corrected chi connectivity index (χ0v) is 16.8. The summed E-state index contributed by atoms with van der Waals surface area (Å²) in [5, 5.41) is 0.442. The highest BCUT2D eigenvalue weighted by Gasteiger charge is 2.20. The van der Waals surface area contributed by atoms with E-state index < -0.39 is 17.5 Å². The Bertz CT molecular complexity index is 1080. The molecule has 0 fully saturated rings. The maximum absolute atomic E-state index is 14.0. The van der Waals surface area contributed by atoms with E-state index in [0.29, 0.717) is 17.7 Å². The van der Waals surface area contributed by atoms with E-state index in [0.717, 1.165) is 39.4 Å². The third kappa shape index (κ3) is 3.73. The van der Waals surface area contributed by atoms with Crippen LogP contribution < -0.4 is 0 Å². The first kappa shape index (κ1) is 20.3. The van der Waals surface area contributed by atoms with Gasteiger partial charge in [0.1, 0.15) is 11.3 Å². The Hall–Kier alpha value is -2.48. The number of hydrogen-bond acceptors (Lipinski definition) is 5. The second-order valence-corrected chi connectivity index (χ2v) is 7.55. The van der Waals surface area contributed by atoms with Crippen molar-refractivity contribution < 1.29 is 22.7 Å². The number of carbonyl (C=O) groups excluding carboxylic acids is 1. The Morgan fingerprint density at radius 1 is 1.07 bits per heavy atom. The van der Waals surface area contributed by atoms with Crippen LogP contribution in [-0.2, 0) is 22.4 Å². The fourth-order valence-corrected chi connectivity index (χ4v) is 4.22. The number of aryl methyl sites for hydroxylation is 2. The fraction of sp³-hybridized carbons (Fsp3) is 0.350. The summed E-state index contributed by atoms with van der Waals surface area (Å²) in [6.45, 7) is 7.56. The maximum Gasteiger partial charge on any atom is 0.310 e. The Kier molecular flexibility index (Phi) is 5.69. The molecule has 148 valence electrons. The van der Waals surface area contributed by atoms with Gasteiger partial charge in [0.2, 0.25) is 0 Å². The maximum atomic E-state index is 14.0. The highest BCUT2D eigenvalue weighted by Crippen LogP contribution is 2.31. The van der Waals surface area contributed by atoms with Gasteiger partial charge in [-0.3, -0.25) is 9.78 Å². The number of nitrogens with zero attached hydrogens (tertiary/aromatic N) is 2. The second kappa shape index (κ2) is 7.87. The summed E-state index contributed by atoms with van der Waals surface area (Å²) in [6.07, 6.45) is 0.376. The molecule has 28 heavy (non-hydrogen) atoms. The number of halogens is 3. The van der Waals surface area contributed by atoms with E-state index in [9.17, 15) is 18.0 Å². The minimum atomic E-state index is -1.26. The molecule has 0 amide bonds. The molecule has 0 aliphatic carbocycles. The van der Waals surface area contributed by atoms with E-state index in [2.05, 4.69) is 9.97 Å². The van der Waals surface area contributed by atoms with E-state index in [1.54, 1.807) is 6.92 Å². The molecule has 0 bridgehead atoms. The molecule has 0 atom stereocenters. The van der Waals surface area contributed by atoms with Crippen LogP contribution in [0.25, 0.3) is 10.2 Å². The molecule has 0 aliphatic heterocycles. The molecule has 3 rings (SSSR count). The van der Waals surface area contributed by atoms with E-state index in [4.69, 9.17) is 4.74 Å². The van der Waals surface area contributed by atoms with Crippen molar-refractivity contribution >= 4 is 27.5 Å². The summed E-state index contributed by atoms with van der Waals surface area (Å²) in [5.41, 5.74) is 3.63. The molecule has 0 spiro atoms. The molecule has 1 aromatic carbocycles. The molecular weight excluding hydrogens is 389 g/mol. The van der Waals surface area contributed by atoms with Crippen molar-refractivity contribution in [3.63, 3.8) is 0 Å². The van der Waals surface area contributed by atoms with Gasteiger partial charge in [-0.1, -0.05) is 0 Å². The number of carbonyl (C=O) groups is 1. The average molecular weight is 408 g/mol. The largest absolute Gasteiger partial charge is 0.466 e. The number of aromatic nitrogens is 2. The first-order chi connectivity index (χ1) is 13.2. The van der Waals surface area contributed by atoms with Crippen molar-refractivity contribution in [1.29, 1.82) is 0 Å². The Morgan fingerprint density at radius 2 is 1.75 bits per heavy atom.